The molecule has 0 saturated heterocycles. The Kier molecular flexibility index (Phi) is 5.59. The molecule has 1 heterocycles. The lowest BCUT2D eigenvalue weighted by Crippen LogP contribution is -1.87. The van der Waals surface area contributed by atoms with Gasteiger partial charge in [-0.05, 0) is 35.4 Å². The maximum atomic E-state index is 11.0. The van der Waals surface area contributed by atoms with E-state index < -0.39 is 4.92 Å². The van der Waals surface area contributed by atoms with Crippen molar-refractivity contribution in [2.24, 2.45) is 4.99 Å². The average Bonchev–Trinajstić information content (AvgIpc) is 3.18. The van der Waals surface area contributed by atoms with Crippen LogP contribution in [0.5, 0.6) is 0 Å². The molecule has 0 fully saturated rings. The topological polar surface area (TPSA) is 68.4 Å². The number of nitro groups is 1. The van der Waals surface area contributed by atoms with E-state index in [4.69, 9.17) is 4.98 Å². The number of aromatic nitrogens is 1. The summed E-state index contributed by atoms with van der Waals surface area (Å²) in [5.74, 6) is 0. The van der Waals surface area contributed by atoms with Gasteiger partial charge >= 0.3 is 0 Å². The smallest absolute Gasteiger partial charge is 0.258 e. The van der Waals surface area contributed by atoms with Crippen LogP contribution >= 0.6 is 27.3 Å². The standard InChI is InChI=1S/C22H14BrN3O2S/c23-18-10-6-15(7-11-18)14-24-22-25-20(16-4-2-1-3-5-16)21(29-22)17-8-12-19(13-9-17)26(27)28/h1-14H. The van der Waals surface area contributed by atoms with Crippen LogP contribution in [0.15, 0.2) is 88.3 Å². The van der Waals surface area contributed by atoms with Crippen molar-refractivity contribution in [1.82, 2.24) is 4.98 Å². The van der Waals surface area contributed by atoms with Gasteiger partial charge < -0.3 is 0 Å². The van der Waals surface area contributed by atoms with E-state index in [1.165, 1.54) is 23.5 Å². The summed E-state index contributed by atoms with van der Waals surface area (Å²) in [4.78, 5) is 20.7. The highest BCUT2D eigenvalue weighted by atomic mass is 79.9. The van der Waals surface area contributed by atoms with Crippen LogP contribution < -0.4 is 0 Å². The summed E-state index contributed by atoms with van der Waals surface area (Å²) >= 11 is 4.88. The van der Waals surface area contributed by atoms with Crippen LogP contribution in [0.4, 0.5) is 10.8 Å². The SMILES string of the molecule is O=[N+]([O-])c1ccc(-c2sc(N=Cc3ccc(Br)cc3)nc2-c2ccccc2)cc1. The molecule has 4 aromatic rings. The van der Waals surface area contributed by atoms with Crippen molar-refractivity contribution >= 4 is 44.3 Å². The molecule has 4 rings (SSSR count). The number of nitro benzene ring substituents is 1. The fraction of sp³-hybridized carbons (Fsp3) is 0. The highest BCUT2D eigenvalue weighted by Crippen LogP contribution is 2.40. The predicted octanol–water partition coefficient (Wildman–Crippen LogP) is 6.90. The van der Waals surface area contributed by atoms with Gasteiger partial charge in [0.1, 0.15) is 0 Å². The van der Waals surface area contributed by atoms with Gasteiger partial charge in [-0.15, -0.1) is 0 Å². The normalized spacial score (nSPS) is 11.1. The fourth-order valence-corrected chi connectivity index (χ4v) is 3.97. The van der Waals surface area contributed by atoms with Crippen LogP contribution in [0.3, 0.4) is 0 Å². The number of aliphatic imine (C=N–C) groups is 1. The van der Waals surface area contributed by atoms with E-state index in [-0.39, 0.29) is 5.69 Å². The zero-order chi connectivity index (χ0) is 20.2. The second-order valence-electron chi connectivity index (χ2n) is 6.15. The zero-order valence-electron chi connectivity index (χ0n) is 15.0. The molecule has 5 nitrogen and oxygen atoms in total. The predicted molar refractivity (Wildman–Crippen MR) is 121 cm³/mol. The molecule has 0 spiro atoms. The van der Waals surface area contributed by atoms with Crippen molar-refractivity contribution in [3.8, 4) is 21.7 Å². The van der Waals surface area contributed by atoms with Gasteiger partial charge in [0.25, 0.3) is 5.69 Å². The number of hydrogen-bond acceptors (Lipinski definition) is 5. The van der Waals surface area contributed by atoms with E-state index in [1.807, 2.05) is 54.6 Å². The van der Waals surface area contributed by atoms with Crippen LogP contribution in [0.1, 0.15) is 5.56 Å². The van der Waals surface area contributed by atoms with E-state index in [0.717, 1.165) is 31.7 Å². The number of nitrogens with zero attached hydrogens (tertiary/aromatic N) is 3. The summed E-state index contributed by atoms with van der Waals surface area (Å²) in [7, 11) is 0. The van der Waals surface area contributed by atoms with Gasteiger partial charge in [0, 0.05) is 28.4 Å². The Balaban J connectivity index is 1.74. The number of benzene rings is 3. The Hall–Kier alpha value is -3.16. The molecule has 0 aliphatic carbocycles. The molecule has 0 atom stereocenters. The molecule has 0 bridgehead atoms. The highest BCUT2D eigenvalue weighted by molar-refractivity contribution is 9.10. The summed E-state index contributed by atoms with van der Waals surface area (Å²) in [6.45, 7) is 0. The Labute approximate surface area is 179 Å². The first-order valence-electron chi connectivity index (χ1n) is 8.71. The second kappa shape index (κ2) is 8.46. The number of rotatable bonds is 5. The summed E-state index contributed by atoms with van der Waals surface area (Å²) in [5.41, 5.74) is 3.70. The summed E-state index contributed by atoms with van der Waals surface area (Å²) in [6.07, 6.45) is 1.78. The van der Waals surface area contributed by atoms with Gasteiger partial charge in [-0.25, -0.2) is 9.98 Å². The minimum atomic E-state index is -0.400. The van der Waals surface area contributed by atoms with Crippen molar-refractivity contribution in [3.63, 3.8) is 0 Å². The van der Waals surface area contributed by atoms with Crippen molar-refractivity contribution in [2.45, 2.75) is 0 Å². The van der Waals surface area contributed by atoms with E-state index in [2.05, 4.69) is 20.9 Å². The monoisotopic (exact) mass is 463 g/mol. The minimum Gasteiger partial charge on any atom is -0.258 e. The third-order valence-electron chi connectivity index (χ3n) is 4.20. The Morgan fingerprint density at radius 3 is 2.28 bits per heavy atom. The molecule has 0 radical (unpaired) electrons. The summed E-state index contributed by atoms with van der Waals surface area (Å²) in [5, 5.41) is 11.6. The van der Waals surface area contributed by atoms with Gasteiger partial charge in [-0.2, -0.15) is 0 Å². The van der Waals surface area contributed by atoms with E-state index >= 15 is 0 Å². The van der Waals surface area contributed by atoms with Crippen LogP contribution in [0.25, 0.3) is 21.7 Å². The molecule has 7 heteroatoms. The van der Waals surface area contributed by atoms with Crippen molar-refractivity contribution in [3.05, 3.63) is 99.0 Å². The van der Waals surface area contributed by atoms with Crippen LogP contribution in [0.2, 0.25) is 0 Å². The molecule has 0 saturated carbocycles. The van der Waals surface area contributed by atoms with E-state index in [9.17, 15) is 10.1 Å². The number of hydrogen-bond donors (Lipinski definition) is 0. The van der Waals surface area contributed by atoms with Crippen LogP contribution in [-0.2, 0) is 0 Å². The van der Waals surface area contributed by atoms with Gasteiger partial charge in [-0.3, -0.25) is 10.1 Å². The van der Waals surface area contributed by atoms with Crippen molar-refractivity contribution < 1.29 is 4.92 Å². The second-order valence-corrected chi connectivity index (χ2v) is 8.05. The maximum absolute atomic E-state index is 11.0. The first-order chi connectivity index (χ1) is 14.1. The minimum absolute atomic E-state index is 0.0630. The number of halogens is 1. The third-order valence-corrected chi connectivity index (χ3v) is 5.74. The van der Waals surface area contributed by atoms with Crippen LogP contribution in [0, 0.1) is 10.1 Å². The zero-order valence-corrected chi connectivity index (χ0v) is 17.4. The van der Waals surface area contributed by atoms with Gasteiger partial charge in [0.2, 0.25) is 5.13 Å². The van der Waals surface area contributed by atoms with Gasteiger partial charge in [0.15, 0.2) is 0 Å². The van der Waals surface area contributed by atoms with Gasteiger partial charge in [0.05, 0.1) is 15.5 Å². The summed E-state index contributed by atoms with van der Waals surface area (Å²) in [6, 6.07) is 24.2. The lowest BCUT2D eigenvalue weighted by molar-refractivity contribution is -0.384. The van der Waals surface area contributed by atoms with Gasteiger partial charge in [-0.1, -0.05) is 69.7 Å². The lowest BCUT2D eigenvalue weighted by atomic mass is 10.1. The fourth-order valence-electron chi connectivity index (χ4n) is 2.76. The molecule has 142 valence electrons. The quantitative estimate of drug-likeness (QED) is 0.183. The van der Waals surface area contributed by atoms with Crippen molar-refractivity contribution in [2.75, 3.05) is 0 Å². The van der Waals surface area contributed by atoms with Crippen LogP contribution in [-0.4, -0.2) is 16.1 Å². The van der Waals surface area contributed by atoms with E-state index in [1.54, 1.807) is 18.3 Å². The number of non-ortho nitro benzene ring substituents is 1. The molecular formula is C22H14BrN3O2S. The molecule has 3 aromatic carbocycles. The molecule has 0 aliphatic rings. The third kappa shape index (κ3) is 4.47. The summed E-state index contributed by atoms with van der Waals surface area (Å²) < 4.78 is 1.01. The molecule has 1 aromatic heterocycles. The first-order valence-corrected chi connectivity index (χ1v) is 10.3. The average molecular weight is 464 g/mol. The molecule has 0 N–H and O–H groups in total. The van der Waals surface area contributed by atoms with Crippen molar-refractivity contribution in [1.29, 1.82) is 0 Å². The lowest BCUT2D eigenvalue weighted by Gasteiger charge is -2.02. The Bertz CT molecular complexity index is 1170. The molecular weight excluding hydrogens is 450 g/mol. The number of thiazole rings is 1. The highest BCUT2D eigenvalue weighted by Gasteiger charge is 2.15. The molecule has 0 unspecified atom stereocenters. The maximum Gasteiger partial charge on any atom is 0.269 e. The first kappa shape index (κ1) is 19.2. The largest absolute Gasteiger partial charge is 0.269 e. The molecule has 0 aliphatic heterocycles. The Morgan fingerprint density at radius 2 is 1.62 bits per heavy atom. The molecule has 29 heavy (non-hydrogen) atoms. The molecule has 0 amide bonds. The van der Waals surface area contributed by atoms with E-state index in [0.29, 0.717) is 5.13 Å². The Morgan fingerprint density at radius 1 is 0.931 bits per heavy atom.